The summed E-state index contributed by atoms with van der Waals surface area (Å²) in [6.45, 7) is -0.266. The summed E-state index contributed by atoms with van der Waals surface area (Å²) in [4.78, 5) is 1.92. The average molecular weight is 267 g/mol. The van der Waals surface area contributed by atoms with Gasteiger partial charge in [-0.05, 0) is 37.0 Å². The van der Waals surface area contributed by atoms with Crippen LogP contribution in [0.4, 0.5) is 8.78 Å². The van der Waals surface area contributed by atoms with Crippen LogP contribution < -0.4 is 5.32 Å². The predicted molar refractivity (Wildman–Crippen MR) is 72.4 cm³/mol. The molecule has 2 rings (SSSR count). The molecular weight excluding hydrogens is 248 g/mol. The minimum Gasteiger partial charge on any atom is -0.351 e. The molecule has 0 spiro atoms. The van der Waals surface area contributed by atoms with E-state index in [2.05, 4.69) is 5.32 Å². The van der Waals surface area contributed by atoms with Crippen molar-refractivity contribution in [3.8, 4) is 0 Å². The number of nitrogens with zero attached hydrogens (tertiary/aromatic N) is 1. The predicted octanol–water partition coefficient (Wildman–Crippen LogP) is 2.68. The fourth-order valence-corrected chi connectivity index (χ4v) is 2.53. The fourth-order valence-electron chi connectivity index (χ4n) is 2.53. The van der Waals surface area contributed by atoms with Crippen LogP contribution in [0.5, 0.6) is 0 Å². The number of nitrogens with one attached hydrogen (secondary N) is 2. The van der Waals surface area contributed by atoms with E-state index in [0.717, 1.165) is 30.5 Å². The van der Waals surface area contributed by atoms with E-state index in [1.807, 2.05) is 30.3 Å². The minimum absolute atomic E-state index is 0.266. The van der Waals surface area contributed by atoms with Crippen LogP contribution >= 0.6 is 0 Å². The second-order valence-electron chi connectivity index (χ2n) is 4.99. The van der Waals surface area contributed by atoms with Gasteiger partial charge in [-0.15, -0.1) is 0 Å². The zero-order valence-corrected chi connectivity index (χ0v) is 11.0. The van der Waals surface area contributed by atoms with E-state index in [9.17, 15) is 8.78 Å². The second-order valence-corrected chi connectivity index (χ2v) is 4.99. The van der Waals surface area contributed by atoms with Gasteiger partial charge in [0.05, 0.1) is 6.54 Å². The molecule has 1 aliphatic heterocycles. The topological polar surface area (TPSA) is 39.1 Å². The van der Waals surface area contributed by atoms with E-state index < -0.39 is 6.43 Å². The van der Waals surface area contributed by atoms with Crippen molar-refractivity contribution in [2.45, 2.75) is 31.2 Å². The highest BCUT2D eigenvalue weighted by molar-refractivity contribution is 5.70. The molecule has 19 heavy (non-hydrogen) atoms. The molecule has 3 nitrogen and oxygen atoms in total. The van der Waals surface area contributed by atoms with E-state index in [4.69, 9.17) is 5.41 Å². The largest absolute Gasteiger partial charge is 0.351 e. The van der Waals surface area contributed by atoms with Crippen molar-refractivity contribution in [1.82, 2.24) is 10.2 Å². The molecule has 0 aromatic rings. The van der Waals surface area contributed by atoms with E-state index >= 15 is 0 Å². The molecule has 0 atom stereocenters. The van der Waals surface area contributed by atoms with E-state index in [1.54, 1.807) is 6.08 Å². The molecule has 1 fully saturated rings. The Bertz CT molecular complexity index is 434. The Morgan fingerprint density at radius 2 is 2.21 bits per heavy atom. The van der Waals surface area contributed by atoms with Crippen LogP contribution in [0.3, 0.4) is 0 Å². The molecule has 0 radical (unpaired) electrons. The maximum Gasteiger partial charge on any atom is 0.250 e. The van der Waals surface area contributed by atoms with Crippen LogP contribution in [0.2, 0.25) is 0 Å². The lowest BCUT2D eigenvalue weighted by Crippen LogP contribution is -2.54. The van der Waals surface area contributed by atoms with E-state index in [-0.39, 0.29) is 12.1 Å². The lowest BCUT2D eigenvalue weighted by atomic mass is 9.71. The normalized spacial score (nSPS) is 23.5. The van der Waals surface area contributed by atoms with E-state index in [1.165, 1.54) is 6.21 Å². The molecule has 0 unspecified atom stereocenters. The van der Waals surface area contributed by atoms with Crippen molar-refractivity contribution in [2.75, 3.05) is 13.6 Å². The van der Waals surface area contributed by atoms with Gasteiger partial charge in [0, 0.05) is 30.7 Å². The molecule has 2 aliphatic rings. The first kappa shape index (κ1) is 13.9. The second kappa shape index (κ2) is 5.65. The molecule has 0 amide bonds. The van der Waals surface area contributed by atoms with Crippen LogP contribution in [0, 0.1) is 5.41 Å². The van der Waals surface area contributed by atoms with Crippen molar-refractivity contribution in [2.24, 2.45) is 0 Å². The van der Waals surface area contributed by atoms with Crippen LogP contribution in [0.1, 0.15) is 19.3 Å². The van der Waals surface area contributed by atoms with Crippen molar-refractivity contribution < 1.29 is 8.78 Å². The number of allylic oxidation sites excluding steroid dienone is 2. The summed E-state index contributed by atoms with van der Waals surface area (Å²) in [6.07, 6.45) is 9.32. The molecule has 2 N–H and O–H groups in total. The first-order valence-corrected chi connectivity index (χ1v) is 6.44. The monoisotopic (exact) mass is 267 g/mol. The molecule has 0 aromatic heterocycles. The number of halogens is 2. The molecule has 0 aromatic carbocycles. The Kier molecular flexibility index (Phi) is 4.14. The summed E-state index contributed by atoms with van der Waals surface area (Å²) in [7, 11) is 1.90. The van der Waals surface area contributed by atoms with E-state index in [0.29, 0.717) is 0 Å². The zero-order valence-electron chi connectivity index (χ0n) is 11.0. The fraction of sp³-hybridized carbons (Fsp3) is 0.500. The Morgan fingerprint density at radius 3 is 2.68 bits per heavy atom. The molecule has 104 valence electrons. The standard InChI is InChI=1S/C14H19F2N3/c1-19-10-11(3-4-12(19)5-8-17)14(6-2-7-14)18-9-13(15)16/h3-5,8,10,13,17-18H,2,6-7,9H2,1H3/b12-5-,17-8?. The molecule has 1 saturated carbocycles. The van der Waals surface area contributed by atoms with Crippen LogP contribution in [0.25, 0.3) is 0 Å². The first-order chi connectivity index (χ1) is 9.07. The van der Waals surface area contributed by atoms with Gasteiger partial charge in [-0.3, -0.25) is 0 Å². The molecule has 1 heterocycles. The van der Waals surface area contributed by atoms with Crippen LogP contribution in [-0.4, -0.2) is 36.7 Å². The highest BCUT2D eigenvalue weighted by Gasteiger charge is 2.40. The van der Waals surface area contributed by atoms with Gasteiger partial charge in [-0.25, -0.2) is 8.78 Å². The van der Waals surface area contributed by atoms with Crippen molar-refractivity contribution in [3.05, 3.63) is 35.7 Å². The number of hydrogen-bond acceptors (Lipinski definition) is 3. The Hall–Kier alpha value is -1.49. The lowest BCUT2D eigenvalue weighted by Gasteiger charge is -2.45. The lowest BCUT2D eigenvalue weighted by molar-refractivity contribution is 0.117. The summed E-state index contributed by atoms with van der Waals surface area (Å²) < 4.78 is 24.8. The summed E-state index contributed by atoms with van der Waals surface area (Å²) >= 11 is 0. The summed E-state index contributed by atoms with van der Waals surface area (Å²) in [5.41, 5.74) is 1.67. The Labute approximate surface area is 112 Å². The van der Waals surface area contributed by atoms with Crippen molar-refractivity contribution >= 4 is 6.21 Å². The van der Waals surface area contributed by atoms with Gasteiger partial charge in [0.1, 0.15) is 0 Å². The van der Waals surface area contributed by atoms with Gasteiger partial charge in [0.2, 0.25) is 0 Å². The number of alkyl halides is 2. The summed E-state index contributed by atoms with van der Waals surface area (Å²) in [5.74, 6) is 0. The first-order valence-electron chi connectivity index (χ1n) is 6.44. The highest BCUT2D eigenvalue weighted by atomic mass is 19.3. The molecule has 1 aliphatic carbocycles. The highest BCUT2D eigenvalue weighted by Crippen LogP contribution is 2.40. The third-order valence-corrected chi connectivity index (χ3v) is 3.78. The van der Waals surface area contributed by atoms with Gasteiger partial charge in [-0.2, -0.15) is 0 Å². The van der Waals surface area contributed by atoms with Crippen molar-refractivity contribution in [1.29, 1.82) is 5.41 Å². The minimum atomic E-state index is -2.32. The quantitative estimate of drug-likeness (QED) is 0.752. The van der Waals surface area contributed by atoms with Crippen LogP contribution in [-0.2, 0) is 0 Å². The Balaban J connectivity index is 2.12. The third kappa shape index (κ3) is 2.92. The maximum atomic E-state index is 12.4. The smallest absolute Gasteiger partial charge is 0.250 e. The van der Waals surface area contributed by atoms with Gasteiger partial charge in [-0.1, -0.05) is 6.08 Å². The average Bonchev–Trinajstić information content (AvgIpc) is 2.31. The number of rotatable bonds is 5. The summed E-state index contributed by atoms with van der Waals surface area (Å²) in [5, 5.41) is 10.1. The Morgan fingerprint density at radius 1 is 1.47 bits per heavy atom. The van der Waals surface area contributed by atoms with Gasteiger partial charge < -0.3 is 15.6 Å². The zero-order chi connectivity index (χ0) is 13.9. The van der Waals surface area contributed by atoms with Gasteiger partial charge >= 0.3 is 0 Å². The van der Waals surface area contributed by atoms with Crippen molar-refractivity contribution in [3.63, 3.8) is 0 Å². The van der Waals surface area contributed by atoms with Gasteiger partial charge in [0.15, 0.2) is 0 Å². The third-order valence-electron chi connectivity index (χ3n) is 3.78. The number of hydrogen-bond donors (Lipinski definition) is 2. The molecule has 0 bridgehead atoms. The molecular formula is C14H19F2N3. The summed E-state index contributed by atoms with van der Waals surface area (Å²) in [6, 6.07) is 0. The number of likely N-dealkylation sites (N-methyl/N-ethyl adjacent to an activating group) is 1. The van der Waals surface area contributed by atoms with Crippen LogP contribution in [0.15, 0.2) is 35.7 Å². The maximum absolute atomic E-state index is 12.4. The molecule has 0 saturated heterocycles. The van der Waals surface area contributed by atoms with Gasteiger partial charge in [0.25, 0.3) is 6.43 Å². The SMILES string of the molecule is CN1C=C(C2(NCC(F)F)CCC2)C=C/C1=C/C=N. The molecule has 5 heteroatoms.